The van der Waals surface area contributed by atoms with Gasteiger partial charge in [-0.3, -0.25) is 4.57 Å². The van der Waals surface area contributed by atoms with E-state index in [0.29, 0.717) is 28.3 Å². The van der Waals surface area contributed by atoms with E-state index in [9.17, 15) is 2.74 Å². The van der Waals surface area contributed by atoms with Gasteiger partial charge in [0.1, 0.15) is 17.0 Å². The molecule has 0 bridgehead atoms. The Kier molecular flexibility index (Phi) is 11.0. The van der Waals surface area contributed by atoms with Gasteiger partial charge in [-0.2, -0.15) is 18.2 Å². The summed E-state index contributed by atoms with van der Waals surface area (Å²) in [5, 5.41) is 6.29. The quantitative estimate of drug-likeness (QED) is 0.118. The van der Waals surface area contributed by atoms with Gasteiger partial charge in [0.05, 0.1) is 34.6 Å². The number of ether oxygens (including phenoxy) is 1. The minimum absolute atomic E-state index is 0. The van der Waals surface area contributed by atoms with Crippen molar-refractivity contribution in [1.29, 1.82) is 0 Å². The Morgan fingerprint density at radius 3 is 1.89 bits per heavy atom. The van der Waals surface area contributed by atoms with Crippen molar-refractivity contribution in [3.05, 3.63) is 291 Å². The van der Waals surface area contributed by atoms with Gasteiger partial charge in [0.25, 0.3) is 6.33 Å². The first-order valence-electron chi connectivity index (χ1n) is 32.4. The largest absolute Gasteiger partial charge is 0.510 e. The van der Waals surface area contributed by atoms with Gasteiger partial charge < -0.3 is 22.9 Å². The Morgan fingerprint density at radius 2 is 1.11 bits per heavy atom. The molecule has 0 aliphatic carbocycles. The molecule has 6 heterocycles. The monoisotopic (exact) mass is 1340 g/mol. The third kappa shape index (κ3) is 8.30. The first kappa shape index (κ1) is 48.2. The molecule has 0 amide bonds. The van der Waals surface area contributed by atoms with E-state index < -0.39 is 18.1 Å². The number of hydrogen-bond donors (Lipinski definition) is 0. The summed E-state index contributed by atoms with van der Waals surface area (Å²) in [5.41, 5.74) is 17.7. The Morgan fingerprint density at radius 1 is 0.478 bits per heavy atom. The maximum Gasteiger partial charge on any atom is 0.268 e. The van der Waals surface area contributed by atoms with E-state index in [2.05, 4.69) is 215 Å². The van der Waals surface area contributed by atoms with Crippen LogP contribution in [0.3, 0.4) is 0 Å². The van der Waals surface area contributed by atoms with Crippen LogP contribution in [-0.4, -0.2) is 18.7 Å². The third-order valence-corrected chi connectivity index (χ3v) is 17.7. The second kappa shape index (κ2) is 20.6. The third-order valence-electron chi connectivity index (χ3n) is 17.7. The van der Waals surface area contributed by atoms with Crippen LogP contribution >= 0.6 is 0 Å². The molecular formula is C82H53N5O2Pt-2. The van der Waals surface area contributed by atoms with E-state index in [0.717, 1.165) is 133 Å². The van der Waals surface area contributed by atoms with Gasteiger partial charge in [-0.25, -0.2) is 4.98 Å². The molecule has 0 fully saturated rings. The van der Waals surface area contributed by atoms with Crippen LogP contribution < -0.4 is 9.30 Å². The van der Waals surface area contributed by atoms with Crippen molar-refractivity contribution in [1.82, 2.24) is 18.7 Å². The Hall–Kier alpha value is -10.9. The van der Waals surface area contributed by atoms with E-state index in [-0.39, 0.29) is 44.1 Å². The fraction of sp³-hybridized carbons (Fsp3) is 0.0488. The number of aromatic nitrogens is 5. The summed E-state index contributed by atoms with van der Waals surface area (Å²) in [6.07, 6.45) is 5.89. The number of fused-ring (bicyclic) bond motifs is 16. The minimum atomic E-state index is -0.454. The molecule has 5 aromatic heterocycles. The Labute approximate surface area is 540 Å². The fourth-order valence-electron chi connectivity index (χ4n) is 13.7. The first-order chi connectivity index (χ1) is 45.8. The van der Waals surface area contributed by atoms with Crippen molar-refractivity contribution in [3.8, 4) is 90.0 Å². The van der Waals surface area contributed by atoms with Crippen LogP contribution in [0, 0.1) is 18.5 Å². The molecule has 7 nitrogen and oxygen atoms in total. The van der Waals surface area contributed by atoms with Crippen molar-refractivity contribution < 1.29 is 41.6 Å². The molecule has 0 radical (unpaired) electrons. The molecule has 12 aromatic carbocycles. The second-order valence-electron chi connectivity index (χ2n) is 23.9. The second-order valence-corrected chi connectivity index (χ2v) is 23.9. The zero-order chi connectivity index (χ0) is 63.4. The summed E-state index contributed by atoms with van der Waals surface area (Å²) in [7, 11) is 0. The molecule has 0 N–H and O–H groups in total. The van der Waals surface area contributed by atoms with E-state index in [1.807, 2.05) is 79.0 Å². The van der Waals surface area contributed by atoms with Gasteiger partial charge >= 0.3 is 0 Å². The predicted molar refractivity (Wildman–Crippen MR) is 361 cm³/mol. The van der Waals surface area contributed by atoms with Crippen molar-refractivity contribution >= 4 is 76.6 Å². The molecule has 90 heavy (non-hydrogen) atoms. The number of furan rings is 1. The average Bonchev–Trinajstić information content (AvgIpc) is 1.58. The van der Waals surface area contributed by atoms with Crippen molar-refractivity contribution in [2.75, 3.05) is 0 Å². The topological polar surface area (TPSA) is 53.9 Å². The van der Waals surface area contributed by atoms with E-state index in [1.165, 1.54) is 5.56 Å². The Bertz CT molecular complexity index is 6030. The van der Waals surface area contributed by atoms with Crippen LogP contribution in [0.2, 0.25) is 0 Å². The average molecular weight is 1340 g/mol. The van der Waals surface area contributed by atoms with Crippen molar-refractivity contribution in [2.45, 2.75) is 26.2 Å². The molecule has 17 aromatic rings. The van der Waals surface area contributed by atoms with E-state index >= 15 is 0 Å². The van der Waals surface area contributed by atoms with Crippen LogP contribution in [0.15, 0.2) is 271 Å². The Balaban J connectivity index is 0.00000684. The summed E-state index contributed by atoms with van der Waals surface area (Å²) in [4.78, 5) is 4.93. The van der Waals surface area contributed by atoms with Crippen LogP contribution in [-0.2, 0) is 26.5 Å². The molecule has 0 atom stereocenters. The van der Waals surface area contributed by atoms with Crippen molar-refractivity contribution in [3.63, 3.8) is 0 Å². The number of imidazole rings is 1. The number of hydrogen-bond acceptors (Lipinski definition) is 3. The maximum absolute atomic E-state index is 9.52. The van der Waals surface area contributed by atoms with Gasteiger partial charge in [0.2, 0.25) is 0 Å². The van der Waals surface area contributed by atoms with Gasteiger partial charge in [-0.15, -0.1) is 29.7 Å². The molecule has 0 spiro atoms. The summed E-state index contributed by atoms with van der Waals surface area (Å²) in [6, 6.07) is 84.6. The first-order valence-corrected chi connectivity index (χ1v) is 29.9. The number of rotatable bonds is 7. The number of pyridine rings is 1. The zero-order valence-corrected chi connectivity index (χ0v) is 51.2. The van der Waals surface area contributed by atoms with Gasteiger partial charge in [-0.1, -0.05) is 196 Å². The molecule has 0 unspecified atom stereocenters. The van der Waals surface area contributed by atoms with Crippen LogP contribution in [0.5, 0.6) is 11.5 Å². The molecule has 430 valence electrons. The van der Waals surface area contributed by atoms with Gasteiger partial charge in [-0.05, 0) is 138 Å². The SMILES string of the molecule is [2H]c1c([2H])c([2H])c(-c2cccc3c2-c2ccccc2-c2cc(-n4c5ccccc5c5ccccc54)cc4c2[n+]([c-]n4-c2[c-]c(Oc4[c-]c5c(cc4)c4ccccc4n5-c4cc(C(C)(C)C)ccn4)ccc2)-c2c(-c4ccc5oc6ccccc6c5c4)cccc2-3)c([2H])c1[2H].[Pt]. The van der Waals surface area contributed by atoms with Crippen LogP contribution in [0.4, 0.5) is 0 Å². The van der Waals surface area contributed by atoms with Crippen LogP contribution in [0.1, 0.15) is 33.2 Å². The summed E-state index contributed by atoms with van der Waals surface area (Å²) < 4.78 is 67.9. The fourth-order valence-corrected chi connectivity index (χ4v) is 13.7. The van der Waals surface area contributed by atoms with Crippen LogP contribution in [0.25, 0.3) is 155 Å². The summed E-state index contributed by atoms with van der Waals surface area (Å²) >= 11 is 0. The molecule has 0 saturated carbocycles. The minimum Gasteiger partial charge on any atom is -0.510 e. The van der Waals surface area contributed by atoms with E-state index in [4.69, 9.17) is 18.3 Å². The standard InChI is InChI=1S/C82H53N5O2.Pt/c1-82(2,3)53-42-43-83-78(45-53)87-73-36-15-11-27-63(73)64-40-39-57(49-74(64)87)88-56-23-17-22-54(46-56)84-50-85-80-59(52-38-41-77-69(44-52)65-28-12-16-37-76(65)89-77)31-19-33-68(80)67-32-18-30-58(51-20-5-4-6-21-51)79(67)66-29-8-7-24-60(66)70-47-55(48-75(84)81(70)85)86-71-34-13-9-25-61(71)62-26-10-14-35-72(62)86;/h4-45,47-48H,1-3H3;/q-2;/i4D,5D,6D,20D,21D;. The smallest absolute Gasteiger partial charge is 0.268 e. The molecular weight excluding hydrogens is 1280 g/mol. The number of para-hydroxylation sites is 5. The molecule has 1 aliphatic rings. The van der Waals surface area contributed by atoms with Gasteiger partial charge in [0.15, 0.2) is 0 Å². The zero-order valence-electron chi connectivity index (χ0n) is 53.9. The van der Waals surface area contributed by atoms with Crippen molar-refractivity contribution in [2.24, 2.45) is 0 Å². The summed E-state index contributed by atoms with van der Waals surface area (Å²) in [6.45, 7) is 6.63. The van der Waals surface area contributed by atoms with Gasteiger partial charge in [0, 0.05) is 71.5 Å². The maximum atomic E-state index is 9.52. The predicted octanol–water partition coefficient (Wildman–Crippen LogP) is 20.5. The normalized spacial score (nSPS) is 12.9. The summed E-state index contributed by atoms with van der Waals surface area (Å²) in [5.74, 6) is 1.76. The number of benzene rings is 12. The molecule has 18 rings (SSSR count). The number of nitrogens with zero attached hydrogens (tertiary/aromatic N) is 5. The molecule has 0 saturated heterocycles. The molecule has 8 heteroatoms. The molecule has 1 aliphatic heterocycles. The van der Waals surface area contributed by atoms with E-state index in [1.54, 1.807) is 0 Å².